The van der Waals surface area contributed by atoms with Crippen LogP contribution in [0.5, 0.6) is 0 Å². The Bertz CT molecular complexity index is 657. The zero-order chi connectivity index (χ0) is 16.9. The monoisotopic (exact) mass is 349 g/mol. The maximum absolute atomic E-state index is 13.6. The van der Waals surface area contributed by atoms with Crippen LogP contribution in [0.1, 0.15) is 36.0 Å². The van der Waals surface area contributed by atoms with Crippen molar-refractivity contribution in [1.29, 1.82) is 0 Å². The highest BCUT2D eigenvalue weighted by Gasteiger charge is 2.32. The highest BCUT2D eigenvalue weighted by atomic mass is 32.2. The van der Waals surface area contributed by atoms with Gasteiger partial charge < -0.3 is 10.2 Å². The van der Waals surface area contributed by atoms with Crippen LogP contribution in [0.3, 0.4) is 0 Å². The number of likely N-dealkylation sites (tertiary alicyclic amines) is 1. The summed E-state index contributed by atoms with van der Waals surface area (Å²) in [6.07, 6.45) is 4.65. The molecule has 2 aliphatic heterocycles. The maximum atomic E-state index is 13.6. The van der Waals surface area contributed by atoms with Gasteiger partial charge in [-0.3, -0.25) is 9.59 Å². The van der Waals surface area contributed by atoms with Crippen molar-refractivity contribution in [2.75, 3.05) is 19.6 Å². The quantitative estimate of drug-likeness (QED) is 0.910. The summed E-state index contributed by atoms with van der Waals surface area (Å²) in [5.74, 6) is -1.31. The van der Waals surface area contributed by atoms with E-state index in [4.69, 9.17) is 0 Å². The van der Waals surface area contributed by atoms with Crippen LogP contribution < -0.4 is 5.32 Å². The number of benzene rings is 1. The molecule has 5 nitrogen and oxygen atoms in total. The highest BCUT2D eigenvalue weighted by Crippen LogP contribution is 2.26. The molecule has 1 aromatic rings. The van der Waals surface area contributed by atoms with Gasteiger partial charge in [0.05, 0.1) is 5.56 Å². The van der Waals surface area contributed by atoms with Crippen LogP contribution in [-0.2, 0) is 4.79 Å². The number of rotatable bonds is 3. The van der Waals surface area contributed by atoms with Crippen LogP contribution in [0.25, 0.3) is 0 Å². The van der Waals surface area contributed by atoms with Gasteiger partial charge >= 0.3 is 0 Å². The normalized spacial score (nSPS) is 21.4. The van der Waals surface area contributed by atoms with Crippen LogP contribution >= 0.6 is 11.8 Å². The molecule has 0 spiro atoms. The van der Waals surface area contributed by atoms with Crippen molar-refractivity contribution < 1.29 is 14.0 Å². The summed E-state index contributed by atoms with van der Waals surface area (Å²) in [5, 5.41) is 2.96. The molecule has 7 heteroatoms. The van der Waals surface area contributed by atoms with Gasteiger partial charge in [0, 0.05) is 19.6 Å². The van der Waals surface area contributed by atoms with E-state index in [1.54, 1.807) is 6.07 Å². The van der Waals surface area contributed by atoms with E-state index in [-0.39, 0.29) is 18.0 Å². The minimum absolute atomic E-state index is 0.0124. The molecule has 2 aliphatic rings. The van der Waals surface area contributed by atoms with Crippen LogP contribution in [-0.4, -0.2) is 46.8 Å². The average molecular weight is 349 g/mol. The number of carbonyl (C=O) groups is 2. The van der Waals surface area contributed by atoms with Crippen molar-refractivity contribution in [2.45, 2.75) is 30.9 Å². The van der Waals surface area contributed by atoms with Crippen molar-refractivity contribution >= 4 is 28.7 Å². The summed E-state index contributed by atoms with van der Waals surface area (Å²) in [4.78, 5) is 30.4. The molecule has 0 radical (unpaired) electrons. The van der Waals surface area contributed by atoms with Crippen molar-refractivity contribution in [3.8, 4) is 0 Å². The van der Waals surface area contributed by atoms with E-state index >= 15 is 0 Å². The lowest BCUT2D eigenvalue weighted by Crippen LogP contribution is -2.34. The fourth-order valence-electron chi connectivity index (χ4n) is 2.83. The van der Waals surface area contributed by atoms with Gasteiger partial charge in [-0.1, -0.05) is 36.7 Å². The third-order valence-corrected chi connectivity index (χ3v) is 5.39. The second kappa shape index (κ2) is 7.79. The molecule has 3 rings (SSSR count). The predicted octanol–water partition coefficient (Wildman–Crippen LogP) is 2.43. The van der Waals surface area contributed by atoms with E-state index in [2.05, 4.69) is 15.2 Å². The Kier molecular flexibility index (Phi) is 5.50. The van der Waals surface area contributed by atoms with Gasteiger partial charge in [-0.2, -0.15) is 4.99 Å². The molecule has 1 fully saturated rings. The Labute approximate surface area is 144 Å². The number of halogens is 1. The van der Waals surface area contributed by atoms with Gasteiger partial charge in [-0.25, -0.2) is 4.39 Å². The first-order valence-electron chi connectivity index (χ1n) is 8.22. The number of amides is 2. The molecule has 1 saturated heterocycles. The largest absolute Gasteiger partial charge is 0.351 e. The SMILES string of the molecule is O=C(NCC1SC(N2CCCCCC2)=NC1=O)c1ccccc1F. The zero-order valence-electron chi connectivity index (χ0n) is 13.3. The first kappa shape index (κ1) is 17.0. The van der Waals surface area contributed by atoms with Gasteiger partial charge in [0.2, 0.25) is 0 Å². The first-order valence-corrected chi connectivity index (χ1v) is 9.10. The second-order valence-corrected chi connectivity index (χ2v) is 7.10. The number of nitrogens with one attached hydrogen (secondary N) is 1. The van der Waals surface area contributed by atoms with Gasteiger partial charge in [0.1, 0.15) is 11.1 Å². The summed E-state index contributed by atoms with van der Waals surface area (Å²) in [5.41, 5.74) is -0.0124. The molecular weight excluding hydrogens is 329 g/mol. The van der Waals surface area contributed by atoms with E-state index in [0.29, 0.717) is 0 Å². The minimum atomic E-state index is -0.568. The molecular formula is C17H20FN3O2S. The maximum Gasteiger partial charge on any atom is 0.263 e. The Morgan fingerprint density at radius 3 is 2.67 bits per heavy atom. The molecule has 2 heterocycles. The number of amidine groups is 1. The van der Waals surface area contributed by atoms with Crippen LogP contribution in [0.15, 0.2) is 29.3 Å². The first-order chi connectivity index (χ1) is 11.6. The predicted molar refractivity (Wildman–Crippen MR) is 92.6 cm³/mol. The summed E-state index contributed by atoms with van der Waals surface area (Å²) in [6.45, 7) is 2.00. The molecule has 0 saturated carbocycles. The summed E-state index contributed by atoms with van der Waals surface area (Å²) in [6, 6.07) is 5.80. The number of nitrogens with zero attached hydrogens (tertiary/aromatic N) is 2. The van der Waals surface area contributed by atoms with Crippen molar-refractivity contribution in [3.05, 3.63) is 35.6 Å². The standard InChI is InChI=1S/C17H20FN3O2S/c18-13-8-4-3-7-12(13)15(22)19-11-14-16(23)20-17(24-14)21-9-5-1-2-6-10-21/h3-4,7-8,14H,1-2,5-6,9-11H2,(H,19,22). The topological polar surface area (TPSA) is 61.8 Å². The molecule has 0 bridgehead atoms. The molecule has 1 N–H and O–H groups in total. The van der Waals surface area contributed by atoms with Crippen molar-refractivity contribution in [2.24, 2.45) is 4.99 Å². The van der Waals surface area contributed by atoms with E-state index in [0.717, 1.165) is 31.1 Å². The Balaban J connectivity index is 1.55. The van der Waals surface area contributed by atoms with Crippen molar-refractivity contribution in [3.63, 3.8) is 0 Å². The molecule has 2 amide bonds. The van der Waals surface area contributed by atoms with Gasteiger partial charge in [0.25, 0.3) is 11.8 Å². The van der Waals surface area contributed by atoms with E-state index < -0.39 is 17.0 Å². The lowest BCUT2D eigenvalue weighted by Gasteiger charge is -2.21. The molecule has 1 unspecified atom stereocenters. The lowest BCUT2D eigenvalue weighted by molar-refractivity contribution is -0.117. The Hall–Kier alpha value is -1.89. The van der Waals surface area contributed by atoms with Gasteiger partial charge in [-0.05, 0) is 25.0 Å². The third kappa shape index (κ3) is 3.95. The molecule has 0 aliphatic carbocycles. The van der Waals surface area contributed by atoms with E-state index in [9.17, 15) is 14.0 Å². The number of thioether (sulfide) groups is 1. The molecule has 0 aromatic heterocycles. The highest BCUT2D eigenvalue weighted by molar-refractivity contribution is 8.15. The smallest absolute Gasteiger partial charge is 0.263 e. The minimum Gasteiger partial charge on any atom is -0.351 e. The number of hydrogen-bond donors (Lipinski definition) is 1. The summed E-state index contributed by atoms with van der Waals surface area (Å²) >= 11 is 1.39. The van der Waals surface area contributed by atoms with E-state index in [1.807, 2.05) is 0 Å². The molecule has 128 valence electrons. The average Bonchev–Trinajstić information content (AvgIpc) is 2.77. The third-order valence-electron chi connectivity index (χ3n) is 4.17. The summed E-state index contributed by atoms with van der Waals surface area (Å²) < 4.78 is 13.6. The second-order valence-electron chi connectivity index (χ2n) is 5.93. The summed E-state index contributed by atoms with van der Waals surface area (Å²) in [7, 11) is 0. The molecule has 1 atom stereocenters. The number of hydrogen-bond acceptors (Lipinski definition) is 4. The number of aliphatic imine (C=N–C) groups is 1. The molecule has 1 aromatic carbocycles. The van der Waals surface area contributed by atoms with Crippen LogP contribution in [0.2, 0.25) is 0 Å². The van der Waals surface area contributed by atoms with Gasteiger partial charge in [0.15, 0.2) is 5.17 Å². The van der Waals surface area contributed by atoms with Crippen LogP contribution in [0.4, 0.5) is 4.39 Å². The van der Waals surface area contributed by atoms with Crippen LogP contribution in [0, 0.1) is 5.82 Å². The Morgan fingerprint density at radius 2 is 1.96 bits per heavy atom. The fourth-order valence-corrected chi connectivity index (χ4v) is 3.88. The van der Waals surface area contributed by atoms with Crippen molar-refractivity contribution in [1.82, 2.24) is 10.2 Å². The Morgan fingerprint density at radius 1 is 1.25 bits per heavy atom. The lowest BCUT2D eigenvalue weighted by atomic mass is 10.2. The molecule has 24 heavy (non-hydrogen) atoms. The zero-order valence-corrected chi connectivity index (χ0v) is 14.2. The van der Waals surface area contributed by atoms with Gasteiger partial charge in [-0.15, -0.1) is 0 Å². The van der Waals surface area contributed by atoms with E-state index in [1.165, 1.54) is 42.8 Å². The number of carbonyl (C=O) groups excluding carboxylic acids is 2. The fraction of sp³-hybridized carbons (Fsp3) is 0.471.